The van der Waals surface area contributed by atoms with Gasteiger partial charge in [0.25, 0.3) is 0 Å². The quantitative estimate of drug-likeness (QED) is 0.177. The first-order valence-corrected chi connectivity index (χ1v) is 19.0. The van der Waals surface area contributed by atoms with Crippen LogP contribution in [0, 0.1) is 0 Å². The maximum Gasteiger partial charge on any atom is 0.0506 e. The van der Waals surface area contributed by atoms with Crippen LogP contribution in [0.4, 0.5) is 28.4 Å². The van der Waals surface area contributed by atoms with Crippen LogP contribution in [0.1, 0.15) is 55.5 Å². The minimum Gasteiger partial charge on any atom is -0.317 e. The summed E-state index contributed by atoms with van der Waals surface area (Å²) in [5.74, 6) is 0. The van der Waals surface area contributed by atoms with Crippen LogP contribution in [-0.2, 0) is 10.8 Å². The molecule has 0 radical (unpaired) electrons. The molecule has 2 aliphatic rings. The molecule has 54 heavy (non-hydrogen) atoms. The summed E-state index contributed by atoms with van der Waals surface area (Å²) in [7, 11) is 0. The fraction of sp³-hybridized carbons (Fsp3) is 0.115. The largest absolute Gasteiger partial charge is 0.317 e. The van der Waals surface area contributed by atoms with Gasteiger partial charge in [0.1, 0.15) is 0 Å². The van der Waals surface area contributed by atoms with Gasteiger partial charge in [-0.05, 0) is 121 Å². The van der Waals surface area contributed by atoms with Crippen molar-refractivity contribution in [3.05, 3.63) is 204 Å². The third kappa shape index (κ3) is 5.01. The molecule has 1 aliphatic carbocycles. The van der Waals surface area contributed by atoms with E-state index in [9.17, 15) is 0 Å². The molecule has 0 amide bonds. The molecule has 2 nitrogen and oxygen atoms in total. The summed E-state index contributed by atoms with van der Waals surface area (Å²) in [5, 5.41) is 4.94. The summed E-state index contributed by atoms with van der Waals surface area (Å²) >= 11 is 0. The molecule has 0 bridgehead atoms. The van der Waals surface area contributed by atoms with Crippen molar-refractivity contribution in [3.63, 3.8) is 0 Å². The number of para-hydroxylation sites is 2. The molecule has 0 aromatic heterocycles. The number of hydrogen-bond donors (Lipinski definition) is 0. The molecule has 0 fully saturated rings. The maximum atomic E-state index is 2.50. The lowest BCUT2D eigenvalue weighted by molar-refractivity contribution is 0.627. The lowest BCUT2D eigenvalue weighted by atomic mass is 9.72. The number of fused-ring (bicyclic) bond motifs is 7. The van der Waals surface area contributed by atoms with Gasteiger partial charge in [-0.15, -0.1) is 0 Å². The van der Waals surface area contributed by atoms with Gasteiger partial charge in [-0.1, -0.05) is 143 Å². The zero-order chi connectivity index (χ0) is 36.6. The highest BCUT2D eigenvalue weighted by molar-refractivity contribution is 5.93. The molecule has 1 heterocycles. The third-order valence-electron chi connectivity index (χ3n) is 12.0. The number of benzene rings is 8. The zero-order valence-corrected chi connectivity index (χ0v) is 31.2. The van der Waals surface area contributed by atoms with E-state index in [4.69, 9.17) is 0 Å². The highest BCUT2D eigenvalue weighted by atomic mass is 15.2. The standard InChI is InChI=1S/C52H42N2/c1-51(2)45-20-12-13-21-49(45)54(40-18-6-5-7-19-40)50-34-47-44(33-48(50)51)43-27-22-35(30-46(43)52(47,3)4)28-29-53(41-25-23-36-14-8-10-16-38(36)31-41)42-26-24-37-15-9-11-17-39(37)32-42/h5-34H,1-4H3/b29-28+. The Morgan fingerprint density at radius 2 is 1.00 bits per heavy atom. The summed E-state index contributed by atoms with van der Waals surface area (Å²) in [4.78, 5) is 4.79. The Balaban J connectivity index is 1.08. The number of hydrogen-bond acceptors (Lipinski definition) is 2. The molecule has 260 valence electrons. The lowest BCUT2D eigenvalue weighted by Crippen LogP contribution is -2.31. The van der Waals surface area contributed by atoms with Crippen molar-refractivity contribution in [1.82, 2.24) is 0 Å². The highest BCUT2D eigenvalue weighted by Crippen LogP contribution is 2.57. The van der Waals surface area contributed by atoms with E-state index in [0.717, 1.165) is 11.4 Å². The normalized spacial score (nSPS) is 14.9. The molecule has 0 saturated heterocycles. The second kappa shape index (κ2) is 12.1. The van der Waals surface area contributed by atoms with Crippen molar-refractivity contribution in [3.8, 4) is 11.1 Å². The average molecular weight is 695 g/mol. The minimum atomic E-state index is -0.177. The fourth-order valence-corrected chi connectivity index (χ4v) is 9.04. The van der Waals surface area contributed by atoms with E-state index in [1.807, 2.05) is 0 Å². The van der Waals surface area contributed by atoms with Crippen LogP contribution >= 0.6 is 0 Å². The van der Waals surface area contributed by atoms with Crippen LogP contribution in [0.15, 0.2) is 176 Å². The Hall–Kier alpha value is -6.38. The van der Waals surface area contributed by atoms with Crippen molar-refractivity contribution < 1.29 is 0 Å². The topological polar surface area (TPSA) is 6.48 Å². The van der Waals surface area contributed by atoms with Crippen LogP contribution in [-0.4, -0.2) is 0 Å². The van der Waals surface area contributed by atoms with Gasteiger partial charge in [-0.2, -0.15) is 0 Å². The van der Waals surface area contributed by atoms with E-state index in [0.29, 0.717) is 0 Å². The molecule has 2 heteroatoms. The van der Waals surface area contributed by atoms with Crippen LogP contribution in [0.25, 0.3) is 38.7 Å². The predicted octanol–water partition coefficient (Wildman–Crippen LogP) is 14.2. The Kier molecular flexibility index (Phi) is 7.22. The second-order valence-corrected chi connectivity index (χ2v) is 15.9. The van der Waals surface area contributed by atoms with E-state index < -0.39 is 0 Å². The Labute approximate surface area is 318 Å². The van der Waals surface area contributed by atoms with E-state index in [1.54, 1.807) is 0 Å². The monoisotopic (exact) mass is 694 g/mol. The summed E-state index contributed by atoms with van der Waals surface area (Å²) < 4.78 is 0. The van der Waals surface area contributed by atoms with Gasteiger partial charge >= 0.3 is 0 Å². The van der Waals surface area contributed by atoms with Gasteiger partial charge in [0.05, 0.1) is 11.4 Å². The summed E-state index contributed by atoms with van der Waals surface area (Å²) in [6.07, 6.45) is 4.51. The molecule has 8 aromatic rings. The van der Waals surface area contributed by atoms with E-state index in [2.05, 4.69) is 220 Å². The van der Waals surface area contributed by atoms with Gasteiger partial charge < -0.3 is 9.80 Å². The molecule has 0 saturated carbocycles. The SMILES string of the molecule is CC1(C)c2cc(/C=C/N(c3ccc4ccccc4c3)c3ccc4ccccc4c3)ccc2-c2cc3c(cc21)N(c1ccccc1)c1ccccc1C3(C)C. The van der Waals surface area contributed by atoms with Crippen molar-refractivity contribution in [2.45, 2.75) is 38.5 Å². The van der Waals surface area contributed by atoms with Crippen molar-refractivity contribution in [2.24, 2.45) is 0 Å². The van der Waals surface area contributed by atoms with Gasteiger partial charge in [0, 0.05) is 34.1 Å². The molecule has 0 atom stereocenters. The molecule has 0 spiro atoms. The maximum absolute atomic E-state index is 2.50. The molecule has 0 unspecified atom stereocenters. The van der Waals surface area contributed by atoms with Gasteiger partial charge in [0.2, 0.25) is 0 Å². The number of anilines is 5. The Morgan fingerprint density at radius 3 is 1.69 bits per heavy atom. The lowest BCUT2D eigenvalue weighted by Gasteiger charge is -2.42. The smallest absolute Gasteiger partial charge is 0.0506 e. The molecular formula is C52H42N2. The van der Waals surface area contributed by atoms with E-state index in [1.165, 1.54) is 77.6 Å². The van der Waals surface area contributed by atoms with Crippen LogP contribution in [0.2, 0.25) is 0 Å². The van der Waals surface area contributed by atoms with Crippen LogP contribution in [0.5, 0.6) is 0 Å². The third-order valence-corrected chi connectivity index (χ3v) is 12.0. The molecule has 10 rings (SSSR count). The minimum absolute atomic E-state index is 0.156. The van der Waals surface area contributed by atoms with Crippen molar-refractivity contribution >= 4 is 56.1 Å². The Bertz CT molecular complexity index is 2710. The van der Waals surface area contributed by atoms with Crippen molar-refractivity contribution in [1.29, 1.82) is 0 Å². The van der Waals surface area contributed by atoms with Crippen molar-refractivity contribution in [2.75, 3.05) is 9.80 Å². The predicted molar refractivity (Wildman–Crippen MR) is 230 cm³/mol. The molecule has 0 N–H and O–H groups in total. The van der Waals surface area contributed by atoms with Crippen LogP contribution in [0.3, 0.4) is 0 Å². The number of nitrogens with zero attached hydrogens (tertiary/aromatic N) is 2. The molecular weight excluding hydrogens is 653 g/mol. The van der Waals surface area contributed by atoms with E-state index >= 15 is 0 Å². The highest BCUT2D eigenvalue weighted by Gasteiger charge is 2.42. The first-order valence-electron chi connectivity index (χ1n) is 19.0. The summed E-state index contributed by atoms with van der Waals surface area (Å²) in [6.45, 7) is 9.54. The summed E-state index contributed by atoms with van der Waals surface area (Å²) in [6, 6.07) is 62.4. The van der Waals surface area contributed by atoms with Gasteiger partial charge in [-0.3, -0.25) is 0 Å². The first-order chi connectivity index (χ1) is 26.3. The van der Waals surface area contributed by atoms with Crippen LogP contribution < -0.4 is 9.80 Å². The van der Waals surface area contributed by atoms with Gasteiger partial charge in [-0.25, -0.2) is 0 Å². The zero-order valence-electron chi connectivity index (χ0n) is 31.2. The van der Waals surface area contributed by atoms with Gasteiger partial charge in [0.15, 0.2) is 0 Å². The van der Waals surface area contributed by atoms with E-state index in [-0.39, 0.29) is 10.8 Å². The number of rotatable bonds is 5. The first kappa shape index (κ1) is 32.3. The second-order valence-electron chi connectivity index (χ2n) is 15.9. The average Bonchev–Trinajstić information content (AvgIpc) is 3.42. The fourth-order valence-electron chi connectivity index (χ4n) is 9.04. The molecule has 8 aromatic carbocycles. The Morgan fingerprint density at radius 1 is 0.426 bits per heavy atom. The summed E-state index contributed by atoms with van der Waals surface area (Å²) in [5.41, 5.74) is 15.0. The molecule has 1 aliphatic heterocycles.